The van der Waals surface area contributed by atoms with Gasteiger partial charge in [0.05, 0.1) is 0 Å². The lowest BCUT2D eigenvalue weighted by Crippen LogP contribution is -2.40. The lowest BCUT2D eigenvalue weighted by atomic mass is 9.91. The highest BCUT2D eigenvalue weighted by Crippen LogP contribution is 2.18. The van der Waals surface area contributed by atoms with Crippen molar-refractivity contribution in [3.05, 3.63) is 71.3 Å². The van der Waals surface area contributed by atoms with Crippen molar-refractivity contribution in [3.63, 3.8) is 0 Å². The first kappa shape index (κ1) is 16.7. The molecule has 0 radical (unpaired) electrons. The summed E-state index contributed by atoms with van der Waals surface area (Å²) >= 11 is 0. The molecule has 3 heteroatoms. The van der Waals surface area contributed by atoms with Crippen LogP contribution in [-0.2, 0) is 12.8 Å². The van der Waals surface area contributed by atoms with Crippen molar-refractivity contribution in [2.24, 2.45) is 5.73 Å². The second kappa shape index (κ2) is 8.11. The second-order valence-corrected chi connectivity index (χ2v) is 6.73. The number of aryl methyl sites for hydroxylation is 2. The van der Waals surface area contributed by atoms with E-state index in [0.717, 1.165) is 49.7 Å². The summed E-state index contributed by atoms with van der Waals surface area (Å²) in [6.07, 6.45) is 5.80. The molecule has 2 aromatic carbocycles. The lowest BCUT2D eigenvalue weighted by Gasteiger charge is -2.27. The normalized spacial score (nSPS) is 20.5. The van der Waals surface area contributed by atoms with Crippen molar-refractivity contribution < 1.29 is 4.79 Å². The first-order valence-electron chi connectivity index (χ1n) is 8.90. The van der Waals surface area contributed by atoms with Crippen molar-refractivity contribution in [2.75, 3.05) is 0 Å². The van der Waals surface area contributed by atoms with Crippen LogP contribution in [0.15, 0.2) is 54.6 Å². The van der Waals surface area contributed by atoms with Crippen LogP contribution >= 0.6 is 0 Å². The lowest BCUT2D eigenvalue weighted by molar-refractivity contribution is 0.0925. The average molecular weight is 322 g/mol. The number of nitrogens with two attached hydrogens (primary N) is 1. The predicted octanol–water partition coefficient (Wildman–Crippen LogP) is 3.47. The molecule has 2 aromatic rings. The SMILES string of the molecule is NC1CCC(NC(=O)c2ccccc2CCc2ccccc2)CC1. The van der Waals surface area contributed by atoms with E-state index in [1.165, 1.54) is 5.56 Å². The Bertz CT molecular complexity index is 661. The minimum atomic E-state index is 0.0548. The number of nitrogens with one attached hydrogen (secondary N) is 1. The standard InChI is InChI=1S/C21H26N2O/c22-18-12-14-19(15-13-18)23-21(24)20-9-5-4-8-17(20)11-10-16-6-2-1-3-7-16/h1-9,18-19H,10-15,22H2,(H,23,24). The topological polar surface area (TPSA) is 55.1 Å². The summed E-state index contributed by atoms with van der Waals surface area (Å²) in [6.45, 7) is 0. The van der Waals surface area contributed by atoms with Crippen molar-refractivity contribution in [1.29, 1.82) is 0 Å². The van der Waals surface area contributed by atoms with Crippen LogP contribution in [0.2, 0.25) is 0 Å². The minimum absolute atomic E-state index is 0.0548. The Morgan fingerprint density at radius 1 is 0.917 bits per heavy atom. The van der Waals surface area contributed by atoms with E-state index in [-0.39, 0.29) is 11.9 Å². The summed E-state index contributed by atoms with van der Waals surface area (Å²) in [6, 6.07) is 18.9. The fourth-order valence-corrected chi connectivity index (χ4v) is 3.41. The van der Waals surface area contributed by atoms with Crippen molar-refractivity contribution >= 4 is 5.91 Å². The van der Waals surface area contributed by atoms with Gasteiger partial charge in [0.1, 0.15) is 0 Å². The van der Waals surface area contributed by atoms with E-state index in [2.05, 4.69) is 35.6 Å². The number of hydrogen-bond acceptors (Lipinski definition) is 2. The van der Waals surface area contributed by atoms with Gasteiger partial charge in [-0.05, 0) is 55.7 Å². The van der Waals surface area contributed by atoms with Crippen LogP contribution in [0.4, 0.5) is 0 Å². The Hall–Kier alpha value is -2.13. The van der Waals surface area contributed by atoms with Gasteiger partial charge in [-0.15, -0.1) is 0 Å². The van der Waals surface area contributed by atoms with Gasteiger partial charge in [-0.2, -0.15) is 0 Å². The fourth-order valence-electron chi connectivity index (χ4n) is 3.41. The van der Waals surface area contributed by atoms with Crippen LogP contribution in [0, 0.1) is 0 Å². The number of carbonyl (C=O) groups is 1. The first-order chi connectivity index (χ1) is 11.7. The van der Waals surface area contributed by atoms with E-state index in [1.54, 1.807) is 0 Å². The molecule has 1 aliphatic carbocycles. The molecular formula is C21H26N2O. The van der Waals surface area contributed by atoms with Gasteiger partial charge in [-0.1, -0.05) is 48.5 Å². The van der Waals surface area contributed by atoms with Crippen LogP contribution in [0.1, 0.15) is 47.2 Å². The van der Waals surface area contributed by atoms with Gasteiger partial charge >= 0.3 is 0 Å². The van der Waals surface area contributed by atoms with Crippen molar-refractivity contribution in [1.82, 2.24) is 5.32 Å². The molecule has 0 spiro atoms. The van der Waals surface area contributed by atoms with E-state index in [1.807, 2.05) is 24.3 Å². The van der Waals surface area contributed by atoms with Crippen LogP contribution < -0.4 is 11.1 Å². The Balaban J connectivity index is 1.63. The highest BCUT2D eigenvalue weighted by molar-refractivity contribution is 5.95. The zero-order valence-corrected chi connectivity index (χ0v) is 14.1. The first-order valence-corrected chi connectivity index (χ1v) is 8.90. The highest BCUT2D eigenvalue weighted by atomic mass is 16.1. The van der Waals surface area contributed by atoms with Crippen molar-refractivity contribution in [2.45, 2.75) is 50.6 Å². The van der Waals surface area contributed by atoms with Gasteiger partial charge in [0.25, 0.3) is 5.91 Å². The third-order valence-electron chi connectivity index (χ3n) is 4.89. The molecule has 0 aromatic heterocycles. The molecular weight excluding hydrogens is 296 g/mol. The maximum absolute atomic E-state index is 12.7. The van der Waals surface area contributed by atoms with Gasteiger partial charge in [0.2, 0.25) is 0 Å². The molecule has 0 heterocycles. The Labute approximate surface area is 144 Å². The summed E-state index contributed by atoms with van der Waals surface area (Å²) in [5.74, 6) is 0.0548. The zero-order chi connectivity index (χ0) is 16.8. The highest BCUT2D eigenvalue weighted by Gasteiger charge is 2.21. The molecule has 24 heavy (non-hydrogen) atoms. The molecule has 0 atom stereocenters. The number of rotatable bonds is 5. The van der Waals surface area contributed by atoms with Crippen LogP contribution in [0.3, 0.4) is 0 Å². The molecule has 1 fully saturated rings. The molecule has 126 valence electrons. The monoisotopic (exact) mass is 322 g/mol. The van der Waals surface area contributed by atoms with Gasteiger partial charge in [0.15, 0.2) is 0 Å². The molecule has 1 saturated carbocycles. The maximum Gasteiger partial charge on any atom is 0.251 e. The fraction of sp³-hybridized carbons (Fsp3) is 0.381. The number of hydrogen-bond donors (Lipinski definition) is 2. The molecule has 3 nitrogen and oxygen atoms in total. The zero-order valence-electron chi connectivity index (χ0n) is 14.1. The Morgan fingerprint density at radius 2 is 1.58 bits per heavy atom. The average Bonchev–Trinajstić information content (AvgIpc) is 2.63. The van der Waals surface area contributed by atoms with Gasteiger partial charge in [-0.25, -0.2) is 0 Å². The third kappa shape index (κ3) is 4.45. The predicted molar refractivity (Wildman–Crippen MR) is 98.0 cm³/mol. The quantitative estimate of drug-likeness (QED) is 0.885. The Morgan fingerprint density at radius 3 is 2.33 bits per heavy atom. The van der Waals surface area contributed by atoms with Crippen LogP contribution in [0.5, 0.6) is 0 Å². The smallest absolute Gasteiger partial charge is 0.251 e. The van der Waals surface area contributed by atoms with Crippen LogP contribution in [0.25, 0.3) is 0 Å². The maximum atomic E-state index is 12.7. The Kier molecular flexibility index (Phi) is 5.65. The largest absolute Gasteiger partial charge is 0.349 e. The van der Waals surface area contributed by atoms with E-state index >= 15 is 0 Å². The summed E-state index contributed by atoms with van der Waals surface area (Å²) in [5.41, 5.74) is 9.17. The third-order valence-corrected chi connectivity index (χ3v) is 4.89. The van der Waals surface area contributed by atoms with Gasteiger partial charge in [0, 0.05) is 17.6 Å². The molecule has 0 aliphatic heterocycles. The van der Waals surface area contributed by atoms with Crippen molar-refractivity contribution in [3.8, 4) is 0 Å². The summed E-state index contributed by atoms with van der Waals surface area (Å²) in [7, 11) is 0. The van der Waals surface area contributed by atoms with E-state index in [9.17, 15) is 4.79 Å². The molecule has 3 N–H and O–H groups in total. The number of amides is 1. The minimum Gasteiger partial charge on any atom is -0.349 e. The molecule has 1 aliphatic rings. The molecule has 0 bridgehead atoms. The summed E-state index contributed by atoms with van der Waals surface area (Å²) in [4.78, 5) is 12.7. The molecule has 3 rings (SSSR count). The molecule has 0 unspecified atom stereocenters. The number of carbonyl (C=O) groups excluding carboxylic acids is 1. The van der Waals surface area contributed by atoms with E-state index in [0.29, 0.717) is 6.04 Å². The number of benzene rings is 2. The van der Waals surface area contributed by atoms with Gasteiger partial charge in [-0.3, -0.25) is 4.79 Å². The van der Waals surface area contributed by atoms with Gasteiger partial charge < -0.3 is 11.1 Å². The van der Waals surface area contributed by atoms with E-state index in [4.69, 9.17) is 5.73 Å². The van der Waals surface area contributed by atoms with E-state index < -0.39 is 0 Å². The van der Waals surface area contributed by atoms with Crippen LogP contribution in [-0.4, -0.2) is 18.0 Å². The second-order valence-electron chi connectivity index (χ2n) is 6.73. The molecule has 0 saturated heterocycles. The summed E-state index contributed by atoms with van der Waals surface area (Å²) in [5, 5.41) is 3.20. The summed E-state index contributed by atoms with van der Waals surface area (Å²) < 4.78 is 0. The molecule has 1 amide bonds.